The number of carbonyl (C=O) groups is 2. The van der Waals surface area contributed by atoms with Gasteiger partial charge in [0.1, 0.15) is 0 Å². The Morgan fingerprint density at radius 3 is 2.65 bits per heavy atom. The zero-order valence-corrected chi connectivity index (χ0v) is 13.5. The second-order valence-electron chi connectivity index (χ2n) is 6.07. The van der Waals surface area contributed by atoms with Crippen LogP contribution in [-0.2, 0) is 4.79 Å². The number of nitrogens with zero attached hydrogens (tertiary/aromatic N) is 2. The number of likely N-dealkylation sites (tertiary alicyclic amines) is 1. The van der Waals surface area contributed by atoms with E-state index in [0.717, 1.165) is 30.6 Å². The molecule has 4 rings (SSSR count). The summed E-state index contributed by atoms with van der Waals surface area (Å²) in [6.45, 7) is 0.723. The Morgan fingerprint density at radius 1 is 1.09 bits per heavy atom. The Kier molecular flexibility index (Phi) is 3.65. The number of carbonyl (C=O) groups excluding carboxylic acids is 2. The number of benzene rings is 1. The fourth-order valence-electron chi connectivity index (χ4n) is 3.79. The number of fused-ring (bicyclic) bond motifs is 1. The normalized spacial score (nSPS) is 23.9. The van der Waals surface area contributed by atoms with Crippen LogP contribution < -0.4 is 4.90 Å². The summed E-state index contributed by atoms with van der Waals surface area (Å²) in [6, 6.07) is 11.9. The Hall–Kier alpha value is -2.14. The molecule has 4 nitrogen and oxygen atoms in total. The molecule has 0 unspecified atom stereocenters. The minimum atomic E-state index is 0.0983. The molecule has 118 valence electrons. The third kappa shape index (κ3) is 2.45. The van der Waals surface area contributed by atoms with E-state index in [4.69, 9.17) is 0 Å². The van der Waals surface area contributed by atoms with Crippen molar-refractivity contribution < 1.29 is 9.59 Å². The van der Waals surface area contributed by atoms with Crippen LogP contribution in [0.4, 0.5) is 5.69 Å². The van der Waals surface area contributed by atoms with E-state index >= 15 is 0 Å². The zero-order valence-electron chi connectivity index (χ0n) is 12.7. The fraction of sp³-hybridized carbons (Fsp3) is 0.333. The number of para-hydroxylation sites is 1. The van der Waals surface area contributed by atoms with Crippen molar-refractivity contribution in [3.05, 3.63) is 52.7 Å². The zero-order chi connectivity index (χ0) is 15.8. The molecule has 0 saturated carbocycles. The van der Waals surface area contributed by atoms with Gasteiger partial charge in [-0.05, 0) is 36.4 Å². The van der Waals surface area contributed by atoms with Gasteiger partial charge in [-0.2, -0.15) is 11.3 Å². The van der Waals surface area contributed by atoms with Crippen LogP contribution in [0.25, 0.3) is 0 Å². The molecule has 2 fully saturated rings. The van der Waals surface area contributed by atoms with Crippen molar-refractivity contribution >= 4 is 28.8 Å². The first kappa shape index (κ1) is 14.5. The monoisotopic (exact) mass is 326 g/mol. The first-order chi connectivity index (χ1) is 11.3. The molecule has 0 N–H and O–H groups in total. The average molecular weight is 326 g/mol. The summed E-state index contributed by atoms with van der Waals surface area (Å²) in [6.07, 6.45) is 2.12. The molecule has 5 heteroatoms. The Morgan fingerprint density at radius 2 is 1.91 bits per heavy atom. The molecule has 3 heterocycles. The van der Waals surface area contributed by atoms with Crippen LogP contribution in [0.5, 0.6) is 0 Å². The molecule has 2 aromatic rings. The van der Waals surface area contributed by atoms with Crippen molar-refractivity contribution in [1.29, 1.82) is 0 Å². The van der Waals surface area contributed by atoms with Crippen LogP contribution in [-0.4, -0.2) is 35.3 Å². The lowest BCUT2D eigenvalue weighted by molar-refractivity contribution is -0.120. The van der Waals surface area contributed by atoms with Gasteiger partial charge in [-0.3, -0.25) is 9.59 Å². The van der Waals surface area contributed by atoms with Gasteiger partial charge in [-0.15, -0.1) is 0 Å². The van der Waals surface area contributed by atoms with Crippen molar-refractivity contribution in [1.82, 2.24) is 4.90 Å². The molecule has 0 bridgehead atoms. The summed E-state index contributed by atoms with van der Waals surface area (Å²) in [7, 11) is 0. The van der Waals surface area contributed by atoms with E-state index in [1.807, 2.05) is 57.0 Å². The van der Waals surface area contributed by atoms with E-state index in [1.165, 1.54) is 0 Å². The summed E-state index contributed by atoms with van der Waals surface area (Å²) in [4.78, 5) is 29.1. The lowest BCUT2D eigenvalue weighted by Gasteiger charge is -2.39. The van der Waals surface area contributed by atoms with Crippen LogP contribution >= 0.6 is 11.3 Å². The molecule has 0 aliphatic carbocycles. The first-order valence-corrected chi connectivity index (χ1v) is 8.90. The summed E-state index contributed by atoms with van der Waals surface area (Å²) in [5.74, 6) is 0.267. The van der Waals surface area contributed by atoms with Crippen LogP contribution in [0.2, 0.25) is 0 Å². The van der Waals surface area contributed by atoms with Gasteiger partial charge in [0.05, 0.1) is 17.6 Å². The van der Waals surface area contributed by atoms with E-state index in [1.54, 1.807) is 11.3 Å². The van der Waals surface area contributed by atoms with E-state index < -0.39 is 0 Å². The van der Waals surface area contributed by atoms with Gasteiger partial charge in [0.25, 0.3) is 5.91 Å². The molecule has 2 atom stereocenters. The van der Waals surface area contributed by atoms with Gasteiger partial charge in [0.2, 0.25) is 5.91 Å². The molecule has 1 aromatic heterocycles. The van der Waals surface area contributed by atoms with Gasteiger partial charge in [0.15, 0.2) is 0 Å². The molecular weight excluding hydrogens is 308 g/mol. The molecule has 0 spiro atoms. The number of piperidine rings is 1. The maximum Gasteiger partial charge on any atom is 0.255 e. The Labute approximate surface area is 139 Å². The highest BCUT2D eigenvalue weighted by Gasteiger charge is 2.45. The van der Waals surface area contributed by atoms with Gasteiger partial charge in [-0.1, -0.05) is 18.2 Å². The standard InChI is InChI=1S/C18H18N2O2S/c21-17-7-6-15-16(20(17)14-4-2-1-3-5-14)8-10-19(15)18(22)13-9-11-23-12-13/h1-5,9,11-12,15-16H,6-8,10H2/t15-,16-/m0/s1. The number of thiophene rings is 1. The Bertz CT molecular complexity index is 714. The van der Waals surface area contributed by atoms with Gasteiger partial charge in [-0.25, -0.2) is 0 Å². The SMILES string of the molecule is O=C(c1ccsc1)N1CC[C@H]2[C@@H]1CCC(=O)N2c1ccccc1. The predicted molar refractivity (Wildman–Crippen MR) is 90.7 cm³/mol. The summed E-state index contributed by atoms with van der Waals surface area (Å²) < 4.78 is 0. The van der Waals surface area contributed by atoms with Crippen molar-refractivity contribution in [3.8, 4) is 0 Å². The van der Waals surface area contributed by atoms with Crippen LogP contribution in [0.3, 0.4) is 0 Å². The highest BCUT2D eigenvalue weighted by molar-refractivity contribution is 7.08. The summed E-state index contributed by atoms with van der Waals surface area (Å²) in [5.41, 5.74) is 1.70. The van der Waals surface area contributed by atoms with E-state index in [0.29, 0.717) is 6.42 Å². The van der Waals surface area contributed by atoms with Crippen molar-refractivity contribution in [3.63, 3.8) is 0 Å². The molecule has 2 aliphatic heterocycles. The minimum Gasteiger partial charge on any atom is -0.333 e. The first-order valence-electron chi connectivity index (χ1n) is 7.96. The van der Waals surface area contributed by atoms with Crippen molar-refractivity contribution in [2.45, 2.75) is 31.3 Å². The molecule has 2 amide bonds. The lowest BCUT2D eigenvalue weighted by atomic mass is 9.95. The van der Waals surface area contributed by atoms with Crippen LogP contribution in [0.15, 0.2) is 47.2 Å². The number of hydrogen-bond acceptors (Lipinski definition) is 3. The van der Waals surface area contributed by atoms with Crippen molar-refractivity contribution in [2.24, 2.45) is 0 Å². The smallest absolute Gasteiger partial charge is 0.255 e. The maximum atomic E-state index is 12.7. The molecule has 2 saturated heterocycles. The van der Waals surface area contributed by atoms with E-state index in [-0.39, 0.29) is 23.9 Å². The second-order valence-corrected chi connectivity index (χ2v) is 6.85. The highest BCUT2D eigenvalue weighted by atomic mass is 32.1. The number of rotatable bonds is 2. The molecule has 0 radical (unpaired) electrons. The summed E-state index contributed by atoms with van der Waals surface area (Å²) in [5, 5.41) is 3.83. The number of anilines is 1. The van der Waals surface area contributed by atoms with Gasteiger partial charge < -0.3 is 9.80 Å². The molecule has 2 aliphatic rings. The average Bonchev–Trinajstić information content (AvgIpc) is 3.24. The maximum absolute atomic E-state index is 12.7. The fourth-order valence-corrected chi connectivity index (χ4v) is 4.42. The number of hydrogen-bond donors (Lipinski definition) is 0. The highest BCUT2D eigenvalue weighted by Crippen LogP contribution is 2.35. The molecule has 23 heavy (non-hydrogen) atoms. The molecular formula is C18H18N2O2S. The topological polar surface area (TPSA) is 40.6 Å². The Balaban J connectivity index is 1.62. The minimum absolute atomic E-state index is 0.0983. The summed E-state index contributed by atoms with van der Waals surface area (Å²) >= 11 is 1.54. The third-order valence-electron chi connectivity index (χ3n) is 4.83. The van der Waals surface area contributed by atoms with E-state index in [2.05, 4.69) is 0 Å². The van der Waals surface area contributed by atoms with Gasteiger partial charge >= 0.3 is 0 Å². The quantitative estimate of drug-likeness (QED) is 0.850. The van der Waals surface area contributed by atoms with E-state index in [9.17, 15) is 9.59 Å². The van der Waals surface area contributed by atoms with Crippen molar-refractivity contribution in [2.75, 3.05) is 11.4 Å². The lowest BCUT2D eigenvalue weighted by Crippen LogP contribution is -2.53. The van der Waals surface area contributed by atoms with Crippen LogP contribution in [0, 0.1) is 0 Å². The van der Waals surface area contributed by atoms with Gasteiger partial charge in [0, 0.05) is 24.0 Å². The largest absolute Gasteiger partial charge is 0.333 e. The third-order valence-corrected chi connectivity index (χ3v) is 5.51. The second kappa shape index (κ2) is 5.81. The predicted octanol–water partition coefficient (Wildman–Crippen LogP) is 3.16. The van der Waals surface area contributed by atoms with Crippen LogP contribution in [0.1, 0.15) is 29.6 Å². The molecule has 1 aromatic carbocycles. The number of amides is 2.